The second kappa shape index (κ2) is 5.65. The fourth-order valence-corrected chi connectivity index (χ4v) is 1.16. The molecule has 0 aliphatic heterocycles. The first-order valence-electron chi connectivity index (χ1n) is 5.06. The van der Waals surface area contributed by atoms with Gasteiger partial charge in [0.25, 0.3) is 0 Å². The molecule has 1 aromatic heterocycles. The van der Waals surface area contributed by atoms with Gasteiger partial charge < -0.3 is 9.84 Å². The molecule has 0 spiro atoms. The van der Waals surface area contributed by atoms with Crippen LogP contribution in [0.2, 0.25) is 0 Å². The van der Waals surface area contributed by atoms with Crippen molar-refractivity contribution in [2.24, 2.45) is 0 Å². The average molecular weight is 264 g/mol. The van der Waals surface area contributed by atoms with Crippen molar-refractivity contribution >= 4 is 5.97 Å². The number of ether oxygens (including phenoxy) is 1. The first-order valence-corrected chi connectivity index (χ1v) is 5.06. The van der Waals surface area contributed by atoms with Gasteiger partial charge in [-0.1, -0.05) is 0 Å². The molecule has 0 aliphatic carbocycles. The van der Waals surface area contributed by atoms with Gasteiger partial charge in [-0.15, -0.1) is 0 Å². The molecule has 0 aromatic carbocycles. The van der Waals surface area contributed by atoms with Crippen LogP contribution < -0.4 is 4.74 Å². The van der Waals surface area contributed by atoms with E-state index in [0.29, 0.717) is 0 Å². The molecule has 5 nitrogen and oxygen atoms in total. The van der Waals surface area contributed by atoms with Crippen LogP contribution in [0.5, 0.6) is 6.01 Å². The van der Waals surface area contributed by atoms with Crippen molar-refractivity contribution in [1.29, 1.82) is 0 Å². The van der Waals surface area contributed by atoms with Gasteiger partial charge in [0.1, 0.15) is 0 Å². The fraction of sp³-hybridized carbons (Fsp3) is 0.500. The Hall–Kier alpha value is -1.86. The van der Waals surface area contributed by atoms with Gasteiger partial charge in [-0.05, 0) is 13.3 Å². The molecule has 1 heterocycles. The monoisotopic (exact) mass is 264 g/mol. The lowest BCUT2D eigenvalue weighted by Gasteiger charge is -2.07. The number of aromatic carboxylic acids is 1. The van der Waals surface area contributed by atoms with Crippen LogP contribution in [-0.4, -0.2) is 33.8 Å². The molecule has 1 N–H and O–H groups in total. The Morgan fingerprint density at radius 1 is 1.50 bits per heavy atom. The van der Waals surface area contributed by atoms with Crippen LogP contribution in [-0.2, 0) is 0 Å². The highest BCUT2D eigenvalue weighted by atomic mass is 19.4. The van der Waals surface area contributed by atoms with E-state index in [9.17, 15) is 18.0 Å². The number of aryl methyl sites for hydroxylation is 1. The minimum absolute atomic E-state index is 0.0716. The van der Waals surface area contributed by atoms with Crippen LogP contribution >= 0.6 is 0 Å². The lowest BCUT2D eigenvalue weighted by atomic mass is 10.2. The second-order valence-electron chi connectivity index (χ2n) is 3.52. The third-order valence-electron chi connectivity index (χ3n) is 2.02. The molecule has 0 fully saturated rings. The van der Waals surface area contributed by atoms with Crippen molar-refractivity contribution in [3.63, 3.8) is 0 Å². The molecule has 0 atom stereocenters. The summed E-state index contributed by atoms with van der Waals surface area (Å²) in [6.07, 6.45) is -4.30. The van der Waals surface area contributed by atoms with Gasteiger partial charge >= 0.3 is 18.2 Å². The Bertz CT molecular complexity index is 435. The van der Waals surface area contributed by atoms with E-state index >= 15 is 0 Å². The number of carbonyl (C=O) groups is 1. The van der Waals surface area contributed by atoms with Crippen molar-refractivity contribution in [3.8, 4) is 6.01 Å². The summed E-state index contributed by atoms with van der Waals surface area (Å²) in [5.41, 5.74) is 0.126. The molecule has 0 saturated heterocycles. The molecule has 1 rings (SSSR count). The molecular weight excluding hydrogens is 253 g/mol. The predicted octanol–water partition coefficient (Wildman–Crippen LogP) is 2.20. The summed E-state index contributed by atoms with van der Waals surface area (Å²) in [7, 11) is 0. The van der Waals surface area contributed by atoms with Crippen molar-refractivity contribution in [2.45, 2.75) is 25.9 Å². The van der Waals surface area contributed by atoms with Crippen LogP contribution in [0.1, 0.15) is 28.9 Å². The zero-order valence-corrected chi connectivity index (χ0v) is 9.49. The highest BCUT2D eigenvalue weighted by Crippen LogP contribution is 2.21. The van der Waals surface area contributed by atoms with E-state index < -0.39 is 18.6 Å². The Labute approximate surface area is 101 Å². The van der Waals surface area contributed by atoms with Gasteiger partial charge in [0.2, 0.25) is 0 Å². The van der Waals surface area contributed by atoms with Crippen LogP contribution in [0.3, 0.4) is 0 Å². The standard InChI is InChI=1S/C10H11F3N2O3/c1-6-7(8(16)17)5-14-9(15-6)18-4-2-3-10(11,12)13/h5H,2-4H2,1H3,(H,16,17). The molecule has 0 radical (unpaired) electrons. The lowest BCUT2D eigenvalue weighted by molar-refractivity contribution is -0.136. The normalized spacial score (nSPS) is 11.3. The Balaban J connectivity index is 2.49. The van der Waals surface area contributed by atoms with Gasteiger partial charge in [-0.2, -0.15) is 18.2 Å². The second-order valence-corrected chi connectivity index (χ2v) is 3.52. The summed E-state index contributed by atoms with van der Waals surface area (Å²) >= 11 is 0. The molecule has 0 bridgehead atoms. The van der Waals surface area contributed by atoms with E-state index in [0.717, 1.165) is 6.20 Å². The van der Waals surface area contributed by atoms with E-state index in [2.05, 4.69) is 9.97 Å². The van der Waals surface area contributed by atoms with Crippen molar-refractivity contribution in [1.82, 2.24) is 9.97 Å². The van der Waals surface area contributed by atoms with Crippen LogP contribution in [0.4, 0.5) is 13.2 Å². The summed E-state index contributed by atoms with van der Waals surface area (Å²) < 4.78 is 40.4. The summed E-state index contributed by atoms with van der Waals surface area (Å²) in [4.78, 5) is 18.0. The third-order valence-corrected chi connectivity index (χ3v) is 2.02. The summed E-state index contributed by atoms with van der Waals surface area (Å²) in [5.74, 6) is -1.17. The van der Waals surface area contributed by atoms with Gasteiger partial charge in [-0.25, -0.2) is 9.78 Å². The number of carboxylic acids is 1. The molecule has 1 aromatic rings. The largest absolute Gasteiger partial charge is 0.478 e. The maximum atomic E-state index is 11.8. The number of hydrogen-bond acceptors (Lipinski definition) is 4. The number of aromatic nitrogens is 2. The van der Waals surface area contributed by atoms with Crippen molar-refractivity contribution in [2.75, 3.05) is 6.61 Å². The topological polar surface area (TPSA) is 72.3 Å². The van der Waals surface area contributed by atoms with Crippen molar-refractivity contribution < 1.29 is 27.8 Å². The zero-order chi connectivity index (χ0) is 13.8. The van der Waals surface area contributed by atoms with Gasteiger partial charge in [0, 0.05) is 12.6 Å². The number of halogens is 3. The first kappa shape index (κ1) is 14.2. The average Bonchev–Trinajstić information content (AvgIpc) is 2.22. The Kier molecular flexibility index (Phi) is 4.46. The molecular formula is C10H11F3N2O3. The van der Waals surface area contributed by atoms with Crippen LogP contribution in [0.15, 0.2) is 6.20 Å². The fourth-order valence-electron chi connectivity index (χ4n) is 1.16. The molecule has 0 aliphatic rings. The number of rotatable bonds is 5. The van der Waals surface area contributed by atoms with E-state index in [1.807, 2.05) is 0 Å². The van der Waals surface area contributed by atoms with E-state index in [4.69, 9.17) is 9.84 Å². The quantitative estimate of drug-likeness (QED) is 0.825. The smallest absolute Gasteiger partial charge is 0.389 e. The Morgan fingerprint density at radius 3 is 2.67 bits per heavy atom. The molecule has 8 heteroatoms. The summed E-state index contributed by atoms with van der Waals surface area (Å²) in [6, 6.07) is -0.125. The van der Waals surface area contributed by atoms with E-state index in [1.165, 1.54) is 6.92 Å². The molecule has 100 valence electrons. The number of nitrogens with zero attached hydrogens (tertiary/aromatic N) is 2. The first-order chi connectivity index (χ1) is 8.29. The van der Waals surface area contributed by atoms with Gasteiger partial charge in [0.05, 0.1) is 17.9 Å². The summed E-state index contributed by atoms with van der Waals surface area (Å²) in [6.45, 7) is 1.28. The number of alkyl halides is 3. The molecule has 0 amide bonds. The lowest BCUT2D eigenvalue weighted by Crippen LogP contribution is -2.11. The highest BCUT2D eigenvalue weighted by molar-refractivity contribution is 5.88. The number of hydrogen-bond donors (Lipinski definition) is 1. The SMILES string of the molecule is Cc1nc(OCCCC(F)(F)F)ncc1C(=O)O. The third kappa shape index (κ3) is 4.56. The van der Waals surface area contributed by atoms with Gasteiger partial charge in [0.15, 0.2) is 0 Å². The molecule has 0 saturated carbocycles. The van der Waals surface area contributed by atoms with E-state index in [1.54, 1.807) is 0 Å². The molecule has 18 heavy (non-hydrogen) atoms. The zero-order valence-electron chi connectivity index (χ0n) is 9.49. The van der Waals surface area contributed by atoms with Gasteiger partial charge in [-0.3, -0.25) is 0 Å². The molecule has 0 unspecified atom stereocenters. The van der Waals surface area contributed by atoms with Crippen LogP contribution in [0, 0.1) is 6.92 Å². The van der Waals surface area contributed by atoms with Crippen LogP contribution in [0.25, 0.3) is 0 Å². The maximum Gasteiger partial charge on any atom is 0.389 e. The summed E-state index contributed by atoms with van der Waals surface area (Å²) in [5, 5.41) is 8.71. The Morgan fingerprint density at radius 2 is 2.17 bits per heavy atom. The predicted molar refractivity (Wildman–Crippen MR) is 54.5 cm³/mol. The van der Waals surface area contributed by atoms with E-state index in [-0.39, 0.29) is 30.3 Å². The van der Waals surface area contributed by atoms with Crippen molar-refractivity contribution in [3.05, 3.63) is 17.5 Å². The minimum atomic E-state index is -4.21. The highest BCUT2D eigenvalue weighted by Gasteiger charge is 2.26. The number of carboxylic acid groups (broad SMARTS) is 1. The maximum absolute atomic E-state index is 11.8. The minimum Gasteiger partial charge on any atom is -0.478 e.